The van der Waals surface area contributed by atoms with Crippen LogP contribution >= 0.6 is 0 Å². The van der Waals surface area contributed by atoms with E-state index in [9.17, 15) is 14.7 Å². The van der Waals surface area contributed by atoms with E-state index in [0.717, 1.165) is 55.7 Å². The molecule has 0 unspecified atom stereocenters. The summed E-state index contributed by atoms with van der Waals surface area (Å²) in [6.07, 6.45) is 4.32. The van der Waals surface area contributed by atoms with Gasteiger partial charge in [-0.25, -0.2) is 5.43 Å². The fourth-order valence-corrected chi connectivity index (χ4v) is 3.89. The molecule has 2 aromatic rings. The standard InChI is InChI=1S/C21H23N3O4/c1-13-18-15(22-23-20(26)14-7-2-3-9-16(14)25)8-6-10-17(18)28-19(13)21(27)24-11-4-5-12-24/h2-3,7,9,25H,4-6,8,10-12H2,1H3,(H,23,26)/b22-15+. The number of carbonyl (C=O) groups is 2. The number of hydrazone groups is 1. The van der Waals surface area contributed by atoms with E-state index < -0.39 is 5.91 Å². The first-order valence-corrected chi connectivity index (χ1v) is 9.63. The average molecular weight is 381 g/mol. The molecule has 1 aromatic heterocycles. The molecule has 1 aliphatic carbocycles. The predicted molar refractivity (Wildman–Crippen MR) is 104 cm³/mol. The molecule has 7 heteroatoms. The number of hydrogen-bond donors (Lipinski definition) is 2. The summed E-state index contributed by atoms with van der Waals surface area (Å²) in [4.78, 5) is 26.9. The number of carbonyl (C=O) groups excluding carboxylic acids is 2. The van der Waals surface area contributed by atoms with E-state index in [4.69, 9.17) is 4.42 Å². The first kappa shape index (κ1) is 18.3. The summed E-state index contributed by atoms with van der Waals surface area (Å²) in [5.41, 5.74) is 4.99. The fourth-order valence-electron chi connectivity index (χ4n) is 3.89. The lowest BCUT2D eigenvalue weighted by atomic mass is 9.93. The first-order chi connectivity index (χ1) is 13.6. The Morgan fingerprint density at radius 1 is 1.14 bits per heavy atom. The molecule has 0 bridgehead atoms. The molecule has 2 heterocycles. The fraction of sp³-hybridized carbons (Fsp3) is 0.381. The summed E-state index contributed by atoms with van der Waals surface area (Å²) in [5.74, 6) is 0.493. The maximum Gasteiger partial charge on any atom is 0.289 e. The number of phenols is 1. The van der Waals surface area contributed by atoms with Gasteiger partial charge in [0.05, 0.1) is 11.3 Å². The summed E-state index contributed by atoms with van der Waals surface area (Å²) >= 11 is 0. The Balaban J connectivity index is 1.60. The number of nitrogens with zero attached hydrogens (tertiary/aromatic N) is 2. The molecule has 4 rings (SSSR count). The Bertz CT molecular complexity index is 955. The number of para-hydroxylation sites is 1. The number of aryl methyl sites for hydroxylation is 1. The van der Waals surface area contributed by atoms with Crippen LogP contribution in [0.2, 0.25) is 0 Å². The highest BCUT2D eigenvalue weighted by molar-refractivity contribution is 6.07. The number of fused-ring (bicyclic) bond motifs is 1. The molecule has 0 atom stereocenters. The molecule has 1 fully saturated rings. The van der Waals surface area contributed by atoms with Gasteiger partial charge in [-0.1, -0.05) is 12.1 Å². The van der Waals surface area contributed by atoms with Crippen molar-refractivity contribution in [3.8, 4) is 5.75 Å². The predicted octanol–water partition coefficient (Wildman–Crippen LogP) is 3.00. The van der Waals surface area contributed by atoms with Gasteiger partial charge < -0.3 is 14.4 Å². The van der Waals surface area contributed by atoms with Crippen LogP contribution < -0.4 is 5.43 Å². The van der Waals surface area contributed by atoms with Gasteiger partial charge in [0.25, 0.3) is 11.8 Å². The Morgan fingerprint density at radius 2 is 1.89 bits per heavy atom. The largest absolute Gasteiger partial charge is 0.507 e. The molecule has 146 valence electrons. The number of phenolic OH excluding ortho intramolecular Hbond substituents is 1. The highest BCUT2D eigenvalue weighted by Crippen LogP contribution is 2.31. The summed E-state index contributed by atoms with van der Waals surface area (Å²) in [6, 6.07) is 6.32. The van der Waals surface area contributed by atoms with E-state index in [0.29, 0.717) is 17.9 Å². The molecule has 28 heavy (non-hydrogen) atoms. The molecular formula is C21H23N3O4. The van der Waals surface area contributed by atoms with Crippen LogP contribution in [0.3, 0.4) is 0 Å². The molecule has 2 aliphatic rings. The quantitative estimate of drug-likeness (QED) is 0.799. The number of rotatable bonds is 3. The van der Waals surface area contributed by atoms with E-state index in [2.05, 4.69) is 10.5 Å². The second kappa shape index (κ2) is 7.50. The Morgan fingerprint density at radius 3 is 2.64 bits per heavy atom. The first-order valence-electron chi connectivity index (χ1n) is 9.63. The van der Waals surface area contributed by atoms with Crippen LogP contribution in [-0.2, 0) is 6.42 Å². The van der Waals surface area contributed by atoms with Gasteiger partial charge in [0.15, 0.2) is 5.76 Å². The zero-order chi connectivity index (χ0) is 19.7. The van der Waals surface area contributed by atoms with E-state index in [-0.39, 0.29) is 17.2 Å². The van der Waals surface area contributed by atoms with Crippen molar-refractivity contribution >= 4 is 17.5 Å². The van der Waals surface area contributed by atoms with Gasteiger partial charge in [-0.05, 0) is 44.7 Å². The van der Waals surface area contributed by atoms with Crippen molar-refractivity contribution in [2.75, 3.05) is 13.1 Å². The molecule has 2 amide bonds. The second-order valence-electron chi connectivity index (χ2n) is 7.22. The van der Waals surface area contributed by atoms with Crippen molar-refractivity contribution in [1.29, 1.82) is 0 Å². The van der Waals surface area contributed by atoms with Crippen molar-refractivity contribution < 1.29 is 19.1 Å². The smallest absolute Gasteiger partial charge is 0.289 e. The number of amides is 2. The lowest BCUT2D eigenvalue weighted by molar-refractivity contribution is 0.0758. The Hall–Kier alpha value is -3.09. The molecular weight excluding hydrogens is 358 g/mol. The number of hydrogen-bond acceptors (Lipinski definition) is 5. The van der Waals surface area contributed by atoms with Crippen LogP contribution in [0.1, 0.15) is 63.5 Å². The number of likely N-dealkylation sites (tertiary alicyclic amines) is 1. The third kappa shape index (κ3) is 3.28. The number of furan rings is 1. The highest BCUT2D eigenvalue weighted by Gasteiger charge is 2.31. The third-order valence-electron chi connectivity index (χ3n) is 5.35. The minimum Gasteiger partial charge on any atom is -0.507 e. The molecule has 1 aliphatic heterocycles. The summed E-state index contributed by atoms with van der Waals surface area (Å²) in [7, 11) is 0. The molecule has 1 saturated heterocycles. The molecule has 0 saturated carbocycles. The number of nitrogens with one attached hydrogen (secondary N) is 1. The minimum atomic E-state index is -0.479. The van der Waals surface area contributed by atoms with Crippen molar-refractivity contribution in [2.45, 2.75) is 39.0 Å². The lowest BCUT2D eigenvalue weighted by Gasteiger charge is -2.14. The maximum atomic E-state index is 12.8. The topological polar surface area (TPSA) is 95.1 Å². The summed E-state index contributed by atoms with van der Waals surface area (Å²) in [6.45, 7) is 3.40. The molecule has 1 aromatic carbocycles. The van der Waals surface area contributed by atoms with Crippen molar-refractivity contribution in [2.24, 2.45) is 5.10 Å². The summed E-state index contributed by atoms with van der Waals surface area (Å²) < 4.78 is 5.93. The van der Waals surface area contributed by atoms with Gasteiger partial charge in [-0.2, -0.15) is 5.10 Å². The van der Waals surface area contributed by atoms with Crippen LogP contribution in [0.4, 0.5) is 0 Å². The highest BCUT2D eigenvalue weighted by atomic mass is 16.4. The van der Waals surface area contributed by atoms with Crippen LogP contribution in [0, 0.1) is 6.92 Å². The van der Waals surface area contributed by atoms with Crippen molar-refractivity contribution in [1.82, 2.24) is 10.3 Å². The van der Waals surface area contributed by atoms with E-state index in [1.165, 1.54) is 12.1 Å². The normalized spacial score (nSPS) is 17.6. The third-order valence-corrected chi connectivity index (χ3v) is 5.35. The van der Waals surface area contributed by atoms with Crippen LogP contribution in [0.25, 0.3) is 0 Å². The number of aromatic hydroxyl groups is 1. The SMILES string of the molecule is Cc1c(C(=O)N2CCCC2)oc2c1/C(=N/NC(=O)c1ccccc1O)CCC2. The second-order valence-corrected chi connectivity index (χ2v) is 7.22. The van der Waals surface area contributed by atoms with Gasteiger partial charge in [0, 0.05) is 30.6 Å². The Kier molecular flexibility index (Phi) is 4.90. The molecule has 7 nitrogen and oxygen atoms in total. The van der Waals surface area contributed by atoms with Gasteiger partial charge in [-0.15, -0.1) is 0 Å². The van der Waals surface area contributed by atoms with Crippen LogP contribution in [-0.4, -0.2) is 40.6 Å². The van der Waals surface area contributed by atoms with Gasteiger partial charge in [-0.3, -0.25) is 9.59 Å². The zero-order valence-electron chi connectivity index (χ0n) is 15.8. The average Bonchev–Trinajstić information content (AvgIpc) is 3.35. The van der Waals surface area contributed by atoms with Crippen LogP contribution in [0.15, 0.2) is 33.8 Å². The molecule has 0 spiro atoms. The Labute approximate surface area is 163 Å². The summed E-state index contributed by atoms with van der Waals surface area (Å²) in [5, 5.41) is 14.1. The van der Waals surface area contributed by atoms with E-state index in [1.54, 1.807) is 12.1 Å². The van der Waals surface area contributed by atoms with Crippen LogP contribution in [0.5, 0.6) is 5.75 Å². The molecule has 2 N–H and O–H groups in total. The van der Waals surface area contributed by atoms with E-state index in [1.807, 2.05) is 11.8 Å². The molecule has 0 radical (unpaired) electrons. The zero-order valence-corrected chi connectivity index (χ0v) is 15.8. The lowest BCUT2D eigenvalue weighted by Crippen LogP contribution is -2.27. The number of benzene rings is 1. The van der Waals surface area contributed by atoms with Crippen molar-refractivity contribution in [3.05, 3.63) is 52.5 Å². The van der Waals surface area contributed by atoms with Gasteiger partial charge in [0.2, 0.25) is 0 Å². The maximum absolute atomic E-state index is 12.8. The van der Waals surface area contributed by atoms with E-state index >= 15 is 0 Å². The van der Waals surface area contributed by atoms with Gasteiger partial charge in [0.1, 0.15) is 11.5 Å². The minimum absolute atomic E-state index is 0.0676. The van der Waals surface area contributed by atoms with Crippen molar-refractivity contribution in [3.63, 3.8) is 0 Å². The van der Waals surface area contributed by atoms with Gasteiger partial charge >= 0.3 is 0 Å². The monoisotopic (exact) mass is 381 g/mol.